The van der Waals surface area contributed by atoms with Crippen molar-refractivity contribution >= 4 is 33.4 Å². The molecule has 24 heavy (non-hydrogen) atoms. The van der Waals surface area contributed by atoms with E-state index >= 15 is 0 Å². The van der Waals surface area contributed by atoms with E-state index in [-0.39, 0.29) is 5.56 Å². The van der Waals surface area contributed by atoms with Crippen LogP contribution >= 0.6 is 11.6 Å². The van der Waals surface area contributed by atoms with Crippen molar-refractivity contribution in [3.05, 3.63) is 58.2 Å². The van der Waals surface area contributed by atoms with Gasteiger partial charge in [0.1, 0.15) is 5.75 Å². The fourth-order valence-corrected chi connectivity index (χ4v) is 3.17. The maximum atomic E-state index is 13.0. The van der Waals surface area contributed by atoms with E-state index in [1.807, 2.05) is 12.3 Å². The number of hydrogen-bond donors (Lipinski definition) is 0. The minimum Gasteiger partial charge on any atom is -0.496 e. The van der Waals surface area contributed by atoms with Crippen LogP contribution in [0.3, 0.4) is 0 Å². The summed E-state index contributed by atoms with van der Waals surface area (Å²) < 4.78 is 8.68. The van der Waals surface area contributed by atoms with E-state index in [2.05, 4.69) is 10.1 Å². The van der Waals surface area contributed by atoms with E-state index < -0.39 is 0 Å². The Bertz CT molecular complexity index is 1130. The first-order valence-electron chi connectivity index (χ1n) is 7.26. The smallest absolute Gasteiger partial charge is 0.284 e. The molecule has 4 aromatic rings. The molecular formula is C17H13ClN4O2. The third kappa shape index (κ3) is 2.07. The zero-order valence-corrected chi connectivity index (χ0v) is 13.8. The first kappa shape index (κ1) is 14.7. The summed E-state index contributed by atoms with van der Waals surface area (Å²) in [6, 6.07) is 7.07. The van der Waals surface area contributed by atoms with Crippen LogP contribution in [-0.4, -0.2) is 26.4 Å². The van der Waals surface area contributed by atoms with Crippen molar-refractivity contribution in [1.29, 1.82) is 0 Å². The Kier molecular flexibility index (Phi) is 3.28. The fraction of sp³-hybridized carbons (Fsp3) is 0.118. The van der Waals surface area contributed by atoms with Gasteiger partial charge in [-0.25, -0.2) is 0 Å². The number of ether oxygens (including phenoxy) is 1. The average molecular weight is 341 g/mol. The maximum Gasteiger partial charge on any atom is 0.284 e. The number of aryl methyl sites for hydroxylation is 1. The van der Waals surface area contributed by atoms with Gasteiger partial charge in [0.2, 0.25) is 0 Å². The van der Waals surface area contributed by atoms with Gasteiger partial charge >= 0.3 is 0 Å². The summed E-state index contributed by atoms with van der Waals surface area (Å²) in [7, 11) is 3.36. The fourth-order valence-electron chi connectivity index (χ4n) is 2.96. The van der Waals surface area contributed by atoms with Crippen molar-refractivity contribution in [3.63, 3.8) is 0 Å². The summed E-state index contributed by atoms with van der Waals surface area (Å²) in [5.74, 6) is 0.591. The summed E-state index contributed by atoms with van der Waals surface area (Å²) in [5.41, 5.74) is 1.44. The van der Waals surface area contributed by atoms with Gasteiger partial charge in [0.25, 0.3) is 5.56 Å². The Hall–Kier alpha value is -2.86. The lowest BCUT2D eigenvalue weighted by atomic mass is 10.1. The van der Waals surface area contributed by atoms with Gasteiger partial charge in [0.05, 0.1) is 29.9 Å². The number of pyridine rings is 2. The van der Waals surface area contributed by atoms with E-state index in [9.17, 15) is 4.79 Å². The lowest BCUT2D eigenvalue weighted by Gasteiger charge is -2.13. The normalized spacial score (nSPS) is 11.3. The molecule has 3 heterocycles. The van der Waals surface area contributed by atoms with Crippen LogP contribution in [0.4, 0.5) is 0 Å². The number of nitrogens with zero attached hydrogens (tertiary/aromatic N) is 4. The van der Waals surface area contributed by atoms with Crippen LogP contribution in [0.2, 0.25) is 5.02 Å². The molecule has 120 valence electrons. The van der Waals surface area contributed by atoms with Gasteiger partial charge < -0.3 is 4.74 Å². The molecule has 0 atom stereocenters. The molecule has 0 fully saturated rings. The highest BCUT2D eigenvalue weighted by Crippen LogP contribution is 2.34. The van der Waals surface area contributed by atoms with E-state index in [0.717, 1.165) is 10.8 Å². The zero-order valence-electron chi connectivity index (χ0n) is 13.0. The predicted molar refractivity (Wildman–Crippen MR) is 93.2 cm³/mol. The van der Waals surface area contributed by atoms with E-state index in [0.29, 0.717) is 27.5 Å². The molecule has 1 aromatic carbocycles. The highest BCUT2D eigenvalue weighted by atomic mass is 35.5. The first-order chi connectivity index (χ1) is 11.6. The second-order valence-electron chi connectivity index (χ2n) is 5.42. The minimum atomic E-state index is -0.226. The summed E-state index contributed by atoms with van der Waals surface area (Å²) >= 11 is 6.24. The van der Waals surface area contributed by atoms with E-state index in [4.69, 9.17) is 16.3 Å². The average Bonchev–Trinajstić information content (AvgIpc) is 2.97. The molecule has 0 aliphatic heterocycles. The molecule has 0 unspecified atom stereocenters. The first-order valence-corrected chi connectivity index (χ1v) is 7.64. The van der Waals surface area contributed by atoms with E-state index in [1.165, 1.54) is 0 Å². The molecule has 0 radical (unpaired) electrons. The Balaban J connectivity index is 2.32. The van der Waals surface area contributed by atoms with Crippen LogP contribution < -0.4 is 10.3 Å². The summed E-state index contributed by atoms with van der Waals surface area (Å²) in [5, 5.41) is 6.32. The highest BCUT2D eigenvalue weighted by Gasteiger charge is 2.18. The standard InChI is InChI=1S/C17H13ClN4O2/c1-21-9-12-15-13(6-10(18)7-14(15)24-2)22(17(23)16(12)20-21)11-4-3-5-19-8-11/h3-9H,1-2H3. The van der Waals surface area contributed by atoms with Gasteiger partial charge in [-0.1, -0.05) is 11.6 Å². The summed E-state index contributed by atoms with van der Waals surface area (Å²) in [6.07, 6.45) is 5.09. The number of benzene rings is 1. The molecule has 6 nitrogen and oxygen atoms in total. The molecular weight excluding hydrogens is 328 g/mol. The predicted octanol–water partition coefficient (Wildman–Crippen LogP) is 2.93. The van der Waals surface area contributed by atoms with Crippen LogP contribution in [-0.2, 0) is 7.05 Å². The molecule has 0 N–H and O–H groups in total. The quantitative estimate of drug-likeness (QED) is 0.563. The van der Waals surface area contributed by atoms with Gasteiger partial charge in [-0.2, -0.15) is 5.10 Å². The monoisotopic (exact) mass is 340 g/mol. The van der Waals surface area contributed by atoms with Crippen LogP contribution in [0, 0.1) is 0 Å². The van der Waals surface area contributed by atoms with Crippen LogP contribution in [0.1, 0.15) is 0 Å². The van der Waals surface area contributed by atoms with Gasteiger partial charge in [-0.15, -0.1) is 0 Å². The van der Waals surface area contributed by atoms with Crippen LogP contribution in [0.15, 0.2) is 47.7 Å². The Morgan fingerprint density at radius 1 is 1.29 bits per heavy atom. The number of aromatic nitrogens is 4. The number of halogens is 1. The highest BCUT2D eigenvalue weighted by molar-refractivity contribution is 6.32. The third-order valence-corrected chi connectivity index (χ3v) is 4.13. The molecule has 3 aromatic heterocycles. The van der Waals surface area contributed by atoms with E-state index in [1.54, 1.807) is 54.0 Å². The van der Waals surface area contributed by atoms with Gasteiger partial charge in [0.15, 0.2) is 5.52 Å². The Labute approximate surface area is 141 Å². The van der Waals surface area contributed by atoms with Crippen molar-refractivity contribution in [2.45, 2.75) is 0 Å². The number of methoxy groups -OCH3 is 1. The van der Waals surface area contributed by atoms with Crippen LogP contribution in [0.25, 0.3) is 27.5 Å². The largest absolute Gasteiger partial charge is 0.496 e. The third-order valence-electron chi connectivity index (χ3n) is 3.91. The van der Waals surface area contributed by atoms with Gasteiger partial charge in [-0.3, -0.25) is 19.0 Å². The Morgan fingerprint density at radius 2 is 2.12 bits per heavy atom. The second-order valence-corrected chi connectivity index (χ2v) is 5.86. The molecule has 0 amide bonds. The molecule has 0 saturated carbocycles. The lowest BCUT2D eigenvalue weighted by Crippen LogP contribution is -2.19. The van der Waals surface area contributed by atoms with Gasteiger partial charge in [-0.05, 0) is 24.3 Å². The van der Waals surface area contributed by atoms with Crippen molar-refractivity contribution < 1.29 is 4.74 Å². The van der Waals surface area contributed by atoms with Crippen molar-refractivity contribution in [2.24, 2.45) is 7.05 Å². The molecule has 0 aliphatic carbocycles. The van der Waals surface area contributed by atoms with Crippen molar-refractivity contribution in [2.75, 3.05) is 7.11 Å². The molecule has 7 heteroatoms. The Morgan fingerprint density at radius 3 is 2.83 bits per heavy atom. The second kappa shape index (κ2) is 5.35. The topological polar surface area (TPSA) is 61.9 Å². The molecule has 0 bridgehead atoms. The van der Waals surface area contributed by atoms with Crippen LogP contribution in [0.5, 0.6) is 5.75 Å². The maximum absolute atomic E-state index is 13.0. The molecule has 0 saturated heterocycles. The number of fused-ring (bicyclic) bond motifs is 3. The lowest BCUT2D eigenvalue weighted by molar-refractivity contribution is 0.420. The number of rotatable bonds is 2. The van der Waals surface area contributed by atoms with Crippen molar-refractivity contribution in [3.8, 4) is 11.4 Å². The molecule has 4 rings (SSSR count). The number of hydrogen-bond acceptors (Lipinski definition) is 4. The zero-order chi connectivity index (χ0) is 16.8. The molecule has 0 spiro atoms. The van der Waals surface area contributed by atoms with Crippen molar-refractivity contribution in [1.82, 2.24) is 19.3 Å². The minimum absolute atomic E-state index is 0.226. The molecule has 0 aliphatic rings. The summed E-state index contributed by atoms with van der Waals surface area (Å²) in [6.45, 7) is 0. The van der Waals surface area contributed by atoms with Gasteiger partial charge in [0, 0.05) is 29.9 Å². The SMILES string of the molecule is COc1cc(Cl)cc2c1c1cn(C)nc1c(=O)n2-c1cccnc1. The summed E-state index contributed by atoms with van der Waals surface area (Å²) in [4.78, 5) is 17.2.